The zero-order valence-corrected chi connectivity index (χ0v) is 11.2. The van der Waals surface area contributed by atoms with Crippen LogP contribution in [0.15, 0.2) is 54.7 Å². The molecule has 0 bridgehead atoms. The molecule has 0 aliphatic carbocycles. The van der Waals surface area contributed by atoms with Crippen LogP contribution in [0.3, 0.4) is 0 Å². The largest absolute Gasteiger partial charge is 0.316 e. The van der Waals surface area contributed by atoms with Gasteiger partial charge in [-0.2, -0.15) is 0 Å². The maximum atomic E-state index is 14.2. The normalized spacial score (nSPS) is 10.9. The van der Waals surface area contributed by atoms with E-state index in [0.29, 0.717) is 12.1 Å². The Morgan fingerprint density at radius 1 is 1.10 bits per heavy atom. The summed E-state index contributed by atoms with van der Waals surface area (Å²) in [6.07, 6.45) is 1.72. The van der Waals surface area contributed by atoms with Crippen molar-refractivity contribution in [1.29, 1.82) is 0 Å². The fraction of sp³-hybridized carbons (Fsp3) is 0.118. The number of pyridine rings is 1. The minimum atomic E-state index is -0.213. The lowest BCUT2D eigenvalue weighted by atomic mass is 10.0. The van der Waals surface area contributed by atoms with Crippen LogP contribution in [0.4, 0.5) is 4.39 Å². The van der Waals surface area contributed by atoms with Crippen molar-refractivity contribution >= 4 is 10.9 Å². The number of nitrogens with zero attached hydrogens (tertiary/aromatic N) is 1. The predicted octanol–water partition coefficient (Wildman–Crippen LogP) is 3.76. The molecule has 0 atom stereocenters. The Morgan fingerprint density at radius 2 is 1.95 bits per heavy atom. The van der Waals surface area contributed by atoms with Gasteiger partial charge in [0.25, 0.3) is 0 Å². The first-order chi connectivity index (χ1) is 9.78. The Balaban J connectivity index is 2.06. The van der Waals surface area contributed by atoms with Crippen LogP contribution in [0.25, 0.3) is 22.0 Å². The number of hydrogen-bond acceptors (Lipinski definition) is 2. The molecule has 0 saturated heterocycles. The van der Waals surface area contributed by atoms with E-state index in [1.54, 1.807) is 12.3 Å². The van der Waals surface area contributed by atoms with Crippen molar-refractivity contribution in [3.8, 4) is 11.1 Å². The first kappa shape index (κ1) is 12.8. The molecule has 0 spiro atoms. The third-order valence-electron chi connectivity index (χ3n) is 3.32. The highest BCUT2D eigenvalue weighted by molar-refractivity contribution is 5.83. The van der Waals surface area contributed by atoms with Crippen LogP contribution in [-0.2, 0) is 6.54 Å². The number of halogens is 1. The predicted molar refractivity (Wildman–Crippen MR) is 79.9 cm³/mol. The molecule has 3 rings (SSSR count). The first-order valence-electron chi connectivity index (χ1n) is 6.56. The lowest BCUT2D eigenvalue weighted by Crippen LogP contribution is -2.05. The van der Waals surface area contributed by atoms with Gasteiger partial charge in [-0.3, -0.25) is 4.98 Å². The van der Waals surface area contributed by atoms with Crippen molar-refractivity contribution in [3.05, 3.63) is 66.1 Å². The molecule has 0 saturated carbocycles. The summed E-state index contributed by atoms with van der Waals surface area (Å²) in [5, 5.41) is 4.03. The fourth-order valence-electron chi connectivity index (χ4n) is 2.33. The molecule has 20 heavy (non-hydrogen) atoms. The molecule has 3 heteroatoms. The van der Waals surface area contributed by atoms with Gasteiger partial charge in [-0.1, -0.05) is 30.3 Å². The van der Waals surface area contributed by atoms with Gasteiger partial charge in [-0.25, -0.2) is 4.39 Å². The van der Waals surface area contributed by atoms with E-state index >= 15 is 0 Å². The van der Waals surface area contributed by atoms with Crippen LogP contribution < -0.4 is 5.32 Å². The summed E-state index contributed by atoms with van der Waals surface area (Å²) in [7, 11) is 1.85. The molecule has 0 aliphatic heterocycles. The molecule has 2 aromatic carbocycles. The van der Waals surface area contributed by atoms with Crippen LogP contribution in [-0.4, -0.2) is 12.0 Å². The van der Waals surface area contributed by atoms with Crippen LogP contribution in [0.2, 0.25) is 0 Å². The van der Waals surface area contributed by atoms with E-state index in [9.17, 15) is 4.39 Å². The van der Waals surface area contributed by atoms with Gasteiger partial charge >= 0.3 is 0 Å². The highest BCUT2D eigenvalue weighted by Crippen LogP contribution is 2.25. The molecule has 1 N–H and O–H groups in total. The summed E-state index contributed by atoms with van der Waals surface area (Å²) in [6.45, 7) is 0.660. The summed E-state index contributed by atoms with van der Waals surface area (Å²) in [6, 6.07) is 15.1. The van der Waals surface area contributed by atoms with E-state index in [1.807, 2.05) is 49.5 Å². The second kappa shape index (κ2) is 5.39. The lowest BCUT2D eigenvalue weighted by Gasteiger charge is -2.07. The lowest BCUT2D eigenvalue weighted by molar-refractivity contribution is 0.627. The third-order valence-corrected chi connectivity index (χ3v) is 3.32. The second-order valence-electron chi connectivity index (χ2n) is 4.76. The molecular weight excluding hydrogens is 251 g/mol. The molecule has 0 amide bonds. The molecule has 0 fully saturated rings. The number of aromatic nitrogens is 1. The molecule has 1 heterocycles. The first-order valence-corrected chi connectivity index (χ1v) is 6.56. The van der Waals surface area contributed by atoms with Gasteiger partial charge in [0.2, 0.25) is 0 Å². The van der Waals surface area contributed by atoms with Gasteiger partial charge in [0, 0.05) is 29.3 Å². The maximum Gasteiger partial charge on any atom is 0.131 e. The fourth-order valence-corrected chi connectivity index (χ4v) is 2.33. The standard InChI is InChI=1S/C17H15FN2/c1-19-10-12-6-7-15(16(18)8-12)14-9-13-4-2-3-5-17(13)20-11-14/h2-9,11,19H,10H2,1H3. The van der Waals surface area contributed by atoms with Crippen molar-refractivity contribution in [2.24, 2.45) is 0 Å². The summed E-state index contributed by atoms with van der Waals surface area (Å²) in [5.74, 6) is -0.213. The number of rotatable bonds is 3. The molecular formula is C17H15FN2. The molecule has 1 aromatic heterocycles. The van der Waals surface area contributed by atoms with Gasteiger partial charge in [0.15, 0.2) is 0 Å². The van der Waals surface area contributed by atoms with Gasteiger partial charge in [0.1, 0.15) is 5.82 Å². The van der Waals surface area contributed by atoms with Crippen LogP contribution in [0, 0.1) is 5.82 Å². The second-order valence-corrected chi connectivity index (χ2v) is 4.76. The average Bonchev–Trinajstić information content (AvgIpc) is 2.47. The Labute approximate surface area is 117 Å². The molecule has 0 aliphatic rings. The average molecular weight is 266 g/mol. The molecule has 100 valence electrons. The summed E-state index contributed by atoms with van der Waals surface area (Å²) in [5.41, 5.74) is 3.24. The minimum Gasteiger partial charge on any atom is -0.316 e. The van der Waals surface area contributed by atoms with E-state index < -0.39 is 0 Å². The molecule has 0 radical (unpaired) electrons. The van der Waals surface area contributed by atoms with Crippen molar-refractivity contribution in [3.63, 3.8) is 0 Å². The maximum absolute atomic E-state index is 14.2. The van der Waals surface area contributed by atoms with Gasteiger partial charge in [0.05, 0.1) is 5.52 Å². The highest BCUT2D eigenvalue weighted by atomic mass is 19.1. The highest BCUT2D eigenvalue weighted by Gasteiger charge is 2.07. The zero-order chi connectivity index (χ0) is 13.9. The van der Waals surface area contributed by atoms with E-state index in [0.717, 1.165) is 22.0 Å². The van der Waals surface area contributed by atoms with Crippen molar-refractivity contribution < 1.29 is 4.39 Å². The molecule has 0 unspecified atom stereocenters. The quantitative estimate of drug-likeness (QED) is 0.780. The van der Waals surface area contributed by atoms with E-state index in [-0.39, 0.29) is 5.82 Å². The van der Waals surface area contributed by atoms with E-state index in [2.05, 4.69) is 10.3 Å². The van der Waals surface area contributed by atoms with Gasteiger partial charge < -0.3 is 5.32 Å². The smallest absolute Gasteiger partial charge is 0.131 e. The van der Waals surface area contributed by atoms with Crippen molar-refractivity contribution in [2.75, 3.05) is 7.05 Å². The van der Waals surface area contributed by atoms with Gasteiger partial charge in [-0.15, -0.1) is 0 Å². The Kier molecular flexibility index (Phi) is 3.44. The van der Waals surface area contributed by atoms with E-state index in [4.69, 9.17) is 0 Å². The zero-order valence-electron chi connectivity index (χ0n) is 11.2. The van der Waals surface area contributed by atoms with Crippen molar-refractivity contribution in [1.82, 2.24) is 10.3 Å². The summed E-state index contributed by atoms with van der Waals surface area (Å²) in [4.78, 5) is 4.38. The Morgan fingerprint density at radius 3 is 2.75 bits per heavy atom. The number of benzene rings is 2. The molecule has 3 aromatic rings. The Bertz CT molecular complexity index is 753. The monoisotopic (exact) mass is 266 g/mol. The van der Waals surface area contributed by atoms with Crippen LogP contribution in [0.5, 0.6) is 0 Å². The Hall–Kier alpha value is -2.26. The topological polar surface area (TPSA) is 24.9 Å². The number of fused-ring (bicyclic) bond motifs is 1. The number of hydrogen-bond donors (Lipinski definition) is 1. The number of para-hydroxylation sites is 1. The minimum absolute atomic E-state index is 0.213. The van der Waals surface area contributed by atoms with Crippen LogP contribution in [0.1, 0.15) is 5.56 Å². The van der Waals surface area contributed by atoms with E-state index in [1.165, 1.54) is 0 Å². The number of nitrogens with one attached hydrogen (secondary N) is 1. The summed E-state index contributed by atoms with van der Waals surface area (Å²) < 4.78 is 14.2. The summed E-state index contributed by atoms with van der Waals surface area (Å²) >= 11 is 0. The van der Waals surface area contributed by atoms with Crippen LogP contribution >= 0.6 is 0 Å². The van der Waals surface area contributed by atoms with Gasteiger partial charge in [-0.05, 0) is 30.8 Å². The van der Waals surface area contributed by atoms with Crippen molar-refractivity contribution in [2.45, 2.75) is 6.54 Å². The SMILES string of the molecule is CNCc1ccc(-c2cnc3ccccc3c2)c(F)c1. The third kappa shape index (κ3) is 2.40. The molecule has 2 nitrogen and oxygen atoms in total.